The highest BCUT2D eigenvalue weighted by atomic mass is 19.4. The van der Waals surface area contributed by atoms with E-state index in [0.717, 1.165) is 48.7 Å². The van der Waals surface area contributed by atoms with Gasteiger partial charge in [-0.25, -0.2) is 15.0 Å². The molecule has 1 aromatic carbocycles. The number of pyridine rings is 1. The van der Waals surface area contributed by atoms with Crippen LogP contribution in [0.25, 0.3) is 11.1 Å². The standard InChI is InChI=1S/C22H23F3N6O/c1-30-6-8-31(9-7-30)21-20(17-13-26-15-27-14-17)10-16(12-29-21)11-28-18-2-4-19(5-3-18)32-22(23,24)25/h2-5,10,12-15,28H,6-9,11H2,1H3. The smallest absolute Gasteiger partial charge is 0.406 e. The maximum Gasteiger partial charge on any atom is 0.573 e. The number of nitrogens with zero attached hydrogens (tertiary/aromatic N) is 5. The molecule has 1 saturated heterocycles. The van der Waals surface area contributed by atoms with Gasteiger partial charge in [0.15, 0.2) is 0 Å². The van der Waals surface area contributed by atoms with Gasteiger partial charge in [-0.05, 0) is 42.9 Å². The highest BCUT2D eigenvalue weighted by Gasteiger charge is 2.31. The van der Waals surface area contributed by atoms with Gasteiger partial charge in [0, 0.05) is 68.1 Å². The van der Waals surface area contributed by atoms with Crippen molar-refractivity contribution in [3.8, 4) is 16.9 Å². The molecule has 0 unspecified atom stereocenters. The van der Waals surface area contributed by atoms with E-state index in [0.29, 0.717) is 12.2 Å². The average Bonchev–Trinajstić information content (AvgIpc) is 2.79. The fourth-order valence-electron chi connectivity index (χ4n) is 3.50. The molecule has 0 amide bonds. The lowest BCUT2D eigenvalue weighted by molar-refractivity contribution is -0.274. The maximum absolute atomic E-state index is 12.3. The number of rotatable bonds is 6. The highest BCUT2D eigenvalue weighted by molar-refractivity contribution is 5.75. The van der Waals surface area contributed by atoms with Crippen molar-refractivity contribution in [2.75, 3.05) is 43.4 Å². The van der Waals surface area contributed by atoms with Crippen LogP contribution in [0.15, 0.2) is 55.2 Å². The van der Waals surface area contributed by atoms with E-state index >= 15 is 0 Å². The van der Waals surface area contributed by atoms with Crippen molar-refractivity contribution in [2.24, 2.45) is 0 Å². The zero-order valence-corrected chi connectivity index (χ0v) is 17.5. The molecular weight excluding hydrogens is 421 g/mol. The Morgan fingerprint density at radius 1 is 1.00 bits per heavy atom. The molecule has 0 spiro atoms. The van der Waals surface area contributed by atoms with Crippen molar-refractivity contribution in [2.45, 2.75) is 12.9 Å². The summed E-state index contributed by atoms with van der Waals surface area (Å²) in [4.78, 5) is 17.6. The first-order chi connectivity index (χ1) is 15.4. The Hall–Kier alpha value is -3.40. The van der Waals surface area contributed by atoms with Crippen LogP contribution in [0.4, 0.5) is 24.7 Å². The summed E-state index contributed by atoms with van der Waals surface area (Å²) in [6, 6.07) is 7.68. The van der Waals surface area contributed by atoms with Crippen molar-refractivity contribution in [1.29, 1.82) is 0 Å². The summed E-state index contributed by atoms with van der Waals surface area (Å²) >= 11 is 0. The number of benzene rings is 1. The van der Waals surface area contributed by atoms with Gasteiger partial charge in [0.05, 0.1) is 0 Å². The summed E-state index contributed by atoms with van der Waals surface area (Å²) in [6.07, 6.45) is 2.13. The van der Waals surface area contributed by atoms with E-state index in [1.807, 2.05) is 12.3 Å². The minimum Gasteiger partial charge on any atom is -0.406 e. The predicted octanol–water partition coefficient (Wildman–Crippen LogP) is 3.80. The second-order valence-electron chi connectivity index (χ2n) is 7.56. The van der Waals surface area contributed by atoms with Crippen LogP contribution < -0.4 is 15.0 Å². The molecular formula is C22H23F3N6O. The Kier molecular flexibility index (Phi) is 6.40. The summed E-state index contributed by atoms with van der Waals surface area (Å²) in [5, 5.41) is 3.21. The highest BCUT2D eigenvalue weighted by Crippen LogP contribution is 2.30. The molecule has 2 aromatic heterocycles. The Morgan fingerprint density at radius 2 is 1.69 bits per heavy atom. The number of likely N-dealkylation sites (N-methyl/N-ethyl adjacent to an activating group) is 1. The van der Waals surface area contributed by atoms with Crippen LogP contribution in [0.3, 0.4) is 0 Å². The van der Waals surface area contributed by atoms with Crippen molar-refractivity contribution in [3.05, 3.63) is 60.8 Å². The molecule has 4 rings (SSSR count). The van der Waals surface area contributed by atoms with E-state index < -0.39 is 6.36 Å². The van der Waals surface area contributed by atoms with Gasteiger partial charge < -0.3 is 19.9 Å². The number of alkyl halides is 3. The molecule has 1 aliphatic rings. The molecule has 1 aliphatic heterocycles. The van der Waals surface area contributed by atoms with Crippen molar-refractivity contribution in [1.82, 2.24) is 19.9 Å². The fourth-order valence-corrected chi connectivity index (χ4v) is 3.50. The van der Waals surface area contributed by atoms with E-state index in [2.05, 4.69) is 36.9 Å². The minimum atomic E-state index is -4.70. The van der Waals surface area contributed by atoms with E-state index in [4.69, 9.17) is 4.98 Å². The van der Waals surface area contributed by atoms with Gasteiger partial charge in [0.25, 0.3) is 0 Å². The first kappa shape index (κ1) is 21.8. The number of hydrogen-bond acceptors (Lipinski definition) is 7. The molecule has 1 N–H and O–H groups in total. The third kappa shape index (κ3) is 5.64. The van der Waals surface area contributed by atoms with Crippen LogP contribution in [0.5, 0.6) is 5.75 Å². The van der Waals surface area contributed by atoms with Crippen molar-refractivity contribution < 1.29 is 17.9 Å². The van der Waals surface area contributed by atoms with Gasteiger partial charge in [-0.15, -0.1) is 13.2 Å². The molecule has 168 valence electrons. The van der Waals surface area contributed by atoms with Gasteiger partial charge in [0.2, 0.25) is 0 Å². The summed E-state index contributed by atoms with van der Waals surface area (Å²) in [5.41, 5.74) is 3.43. The minimum absolute atomic E-state index is 0.257. The van der Waals surface area contributed by atoms with E-state index in [1.54, 1.807) is 24.5 Å². The number of nitrogens with one attached hydrogen (secondary N) is 1. The molecule has 0 saturated carbocycles. The molecule has 0 aliphatic carbocycles. The lowest BCUT2D eigenvalue weighted by atomic mass is 10.1. The summed E-state index contributed by atoms with van der Waals surface area (Å²) in [5.74, 6) is 0.637. The zero-order valence-electron chi connectivity index (χ0n) is 17.5. The van der Waals surface area contributed by atoms with Gasteiger partial charge in [-0.1, -0.05) is 0 Å². The second kappa shape index (κ2) is 9.39. The number of halogens is 3. The van der Waals surface area contributed by atoms with Crippen LogP contribution in [0, 0.1) is 0 Å². The molecule has 7 nitrogen and oxygen atoms in total. The zero-order chi connectivity index (χ0) is 22.6. The summed E-state index contributed by atoms with van der Waals surface area (Å²) in [7, 11) is 2.10. The molecule has 0 bridgehead atoms. The number of piperazine rings is 1. The SMILES string of the molecule is CN1CCN(c2ncc(CNc3ccc(OC(F)(F)F)cc3)cc2-c2cncnc2)CC1. The van der Waals surface area contributed by atoms with Crippen molar-refractivity contribution in [3.63, 3.8) is 0 Å². The van der Waals surface area contributed by atoms with Crippen molar-refractivity contribution >= 4 is 11.5 Å². The van der Waals surface area contributed by atoms with Gasteiger partial charge >= 0.3 is 6.36 Å². The van der Waals surface area contributed by atoms with Crippen LogP contribution in [-0.2, 0) is 6.54 Å². The molecule has 3 heterocycles. The Morgan fingerprint density at radius 3 is 2.34 bits per heavy atom. The van der Waals surface area contributed by atoms with Gasteiger partial charge in [-0.3, -0.25) is 0 Å². The van der Waals surface area contributed by atoms with E-state index in [-0.39, 0.29) is 5.75 Å². The first-order valence-electron chi connectivity index (χ1n) is 10.1. The summed E-state index contributed by atoms with van der Waals surface area (Å²) in [6.45, 7) is 4.14. The first-order valence-corrected chi connectivity index (χ1v) is 10.1. The second-order valence-corrected chi connectivity index (χ2v) is 7.56. The van der Waals surface area contributed by atoms with Crippen LogP contribution in [0.2, 0.25) is 0 Å². The maximum atomic E-state index is 12.3. The molecule has 3 aromatic rings. The Balaban J connectivity index is 1.51. The molecule has 0 radical (unpaired) electrons. The van der Waals surface area contributed by atoms with Crippen LogP contribution in [0.1, 0.15) is 5.56 Å². The third-order valence-electron chi connectivity index (χ3n) is 5.18. The van der Waals surface area contributed by atoms with Gasteiger partial charge in [-0.2, -0.15) is 0 Å². The molecule has 1 fully saturated rings. The number of anilines is 2. The Labute approximate surface area is 183 Å². The Bertz CT molecular complexity index is 1020. The lowest BCUT2D eigenvalue weighted by Gasteiger charge is -2.34. The number of aromatic nitrogens is 3. The van der Waals surface area contributed by atoms with E-state index in [1.165, 1.54) is 18.5 Å². The molecule has 0 atom stereocenters. The van der Waals surface area contributed by atoms with Gasteiger partial charge in [0.1, 0.15) is 17.9 Å². The topological polar surface area (TPSA) is 66.4 Å². The van der Waals surface area contributed by atoms with Crippen LogP contribution in [-0.4, -0.2) is 59.4 Å². The predicted molar refractivity (Wildman–Crippen MR) is 115 cm³/mol. The normalized spacial score (nSPS) is 14.9. The van der Waals surface area contributed by atoms with Crippen LogP contribution >= 0.6 is 0 Å². The number of hydrogen-bond donors (Lipinski definition) is 1. The lowest BCUT2D eigenvalue weighted by Crippen LogP contribution is -2.45. The quantitative estimate of drug-likeness (QED) is 0.620. The number of ether oxygens (including phenoxy) is 1. The largest absolute Gasteiger partial charge is 0.573 e. The summed E-state index contributed by atoms with van der Waals surface area (Å²) < 4.78 is 40.9. The fraction of sp³-hybridized carbons (Fsp3) is 0.318. The monoisotopic (exact) mass is 444 g/mol. The molecule has 10 heteroatoms. The molecule has 32 heavy (non-hydrogen) atoms. The third-order valence-corrected chi connectivity index (χ3v) is 5.18. The van der Waals surface area contributed by atoms with E-state index in [9.17, 15) is 13.2 Å². The average molecular weight is 444 g/mol.